The second kappa shape index (κ2) is 16.9. The van der Waals surface area contributed by atoms with Gasteiger partial charge in [0, 0.05) is 61.8 Å². The molecule has 1 unspecified atom stereocenters. The van der Waals surface area contributed by atoms with Gasteiger partial charge in [0.1, 0.15) is 35.3 Å². The number of amides is 5. The second-order valence-electron chi connectivity index (χ2n) is 14.5. The highest BCUT2D eigenvalue weighted by molar-refractivity contribution is 6.36. The number of carbonyl (C=O) groups excluding carboxylic acids is 6. The molecule has 2 fully saturated rings. The molecule has 5 aromatic rings. The molecule has 0 bridgehead atoms. The number of anilines is 1. The fourth-order valence-electron chi connectivity index (χ4n) is 7.66. The van der Waals surface area contributed by atoms with E-state index < -0.39 is 29.7 Å². The molecular formula is C44H38ClN7O7. The number of hydrogen-bond acceptors (Lipinski definition) is 10. The molecule has 15 heteroatoms. The van der Waals surface area contributed by atoms with Crippen molar-refractivity contribution < 1.29 is 33.5 Å². The Kier molecular flexibility index (Phi) is 11.2. The van der Waals surface area contributed by atoms with E-state index >= 15 is 0 Å². The van der Waals surface area contributed by atoms with Crippen LogP contribution in [0.2, 0.25) is 5.02 Å². The highest BCUT2D eigenvalue weighted by Crippen LogP contribution is 2.33. The van der Waals surface area contributed by atoms with E-state index in [1.54, 1.807) is 36.5 Å². The Morgan fingerprint density at radius 3 is 2.49 bits per heavy atom. The monoisotopic (exact) mass is 811 g/mol. The van der Waals surface area contributed by atoms with Gasteiger partial charge in [-0.15, -0.1) is 0 Å². The lowest BCUT2D eigenvalue weighted by Crippen LogP contribution is -2.54. The summed E-state index contributed by atoms with van der Waals surface area (Å²) in [5.41, 5.74) is 1.95. The average molecular weight is 812 g/mol. The van der Waals surface area contributed by atoms with Crippen molar-refractivity contribution in [2.75, 3.05) is 18.4 Å². The second-order valence-corrected chi connectivity index (χ2v) is 14.9. The van der Waals surface area contributed by atoms with Gasteiger partial charge in [0.2, 0.25) is 17.7 Å². The van der Waals surface area contributed by atoms with Gasteiger partial charge in [-0.05, 0) is 68.5 Å². The van der Waals surface area contributed by atoms with Crippen molar-refractivity contribution in [3.8, 4) is 23.3 Å². The lowest BCUT2D eigenvalue weighted by Gasteiger charge is -2.33. The number of aromatic nitrogens is 3. The fraction of sp³-hybridized carbons (Fsp3) is 0.273. The minimum Gasteiger partial charge on any atom is -0.457 e. The van der Waals surface area contributed by atoms with Crippen LogP contribution >= 0.6 is 11.6 Å². The summed E-state index contributed by atoms with van der Waals surface area (Å²) in [7, 11) is 0. The molecular weight excluding hydrogens is 774 g/mol. The van der Waals surface area contributed by atoms with Crippen LogP contribution in [0.4, 0.5) is 5.82 Å². The van der Waals surface area contributed by atoms with E-state index in [1.807, 2.05) is 35.2 Å². The number of rotatable bonds is 11. The van der Waals surface area contributed by atoms with Crippen LogP contribution in [0.15, 0.2) is 79.3 Å². The Hall–Kier alpha value is -6.85. The molecule has 0 aliphatic carbocycles. The summed E-state index contributed by atoms with van der Waals surface area (Å²) in [4.78, 5) is 92.0. The Morgan fingerprint density at radius 2 is 1.71 bits per heavy atom. The number of carbonyl (C=O) groups is 6. The smallest absolute Gasteiger partial charge is 0.263 e. The Bertz CT molecular complexity index is 2570. The first-order valence-electron chi connectivity index (χ1n) is 19.4. The fourth-order valence-corrected chi connectivity index (χ4v) is 7.91. The molecule has 3 aromatic carbocycles. The molecule has 5 heterocycles. The van der Waals surface area contributed by atoms with Crippen LogP contribution in [0.5, 0.6) is 11.5 Å². The number of nitrogens with one attached hydrogen (secondary N) is 3. The lowest BCUT2D eigenvalue weighted by molar-refractivity contribution is -0.136. The normalized spacial score (nSPS) is 16.7. The van der Waals surface area contributed by atoms with Crippen molar-refractivity contribution in [1.29, 1.82) is 0 Å². The number of imide groups is 2. The number of likely N-dealkylation sites (tertiary alicyclic amines) is 1. The van der Waals surface area contributed by atoms with Gasteiger partial charge in [0.15, 0.2) is 5.78 Å². The molecule has 1 atom stereocenters. The molecule has 3 N–H and O–H groups in total. The molecule has 0 radical (unpaired) electrons. The number of halogens is 1. The summed E-state index contributed by atoms with van der Waals surface area (Å²) < 4.78 is 5.87. The van der Waals surface area contributed by atoms with Crippen molar-refractivity contribution in [3.63, 3.8) is 0 Å². The zero-order chi connectivity index (χ0) is 41.0. The van der Waals surface area contributed by atoms with E-state index in [0.29, 0.717) is 96.7 Å². The van der Waals surface area contributed by atoms with Crippen molar-refractivity contribution >= 4 is 63.8 Å². The maximum atomic E-state index is 13.8. The molecule has 2 aromatic heterocycles. The minimum atomic E-state index is -1.04. The van der Waals surface area contributed by atoms with E-state index in [2.05, 4.69) is 37.4 Å². The van der Waals surface area contributed by atoms with Crippen LogP contribution < -0.4 is 15.4 Å². The maximum Gasteiger partial charge on any atom is 0.263 e. The van der Waals surface area contributed by atoms with Crippen LogP contribution in [0.1, 0.15) is 93.6 Å². The number of piperidine rings is 2. The van der Waals surface area contributed by atoms with Crippen LogP contribution in [0.25, 0.3) is 11.0 Å². The first-order valence-corrected chi connectivity index (χ1v) is 19.8. The molecule has 5 amide bonds. The SMILES string of the molecule is O=C1CCC(N2C(=O)c3cccc(C#CCCCCC(=O)N4CCC(Nc5ncnc6[nH]cc(C(=O)c7ccc(Oc8ccccc8)cc7Cl)c56)CC4)c3C2=O)C(=O)N1. The number of unbranched alkanes of at least 4 members (excludes halogenated alkanes) is 2. The molecule has 3 aliphatic rings. The predicted octanol–water partition coefficient (Wildman–Crippen LogP) is 6.05. The number of benzene rings is 3. The molecule has 14 nitrogen and oxygen atoms in total. The third-order valence-electron chi connectivity index (χ3n) is 10.7. The van der Waals surface area contributed by atoms with Gasteiger partial charge in [-0.2, -0.15) is 0 Å². The van der Waals surface area contributed by atoms with E-state index in [4.69, 9.17) is 16.3 Å². The third-order valence-corrected chi connectivity index (χ3v) is 11.0. The number of aromatic amines is 1. The van der Waals surface area contributed by atoms with Gasteiger partial charge in [0.25, 0.3) is 11.8 Å². The quantitative estimate of drug-likeness (QED) is 0.0614. The number of nitrogens with zero attached hydrogens (tertiary/aromatic N) is 4. The van der Waals surface area contributed by atoms with Gasteiger partial charge in [0.05, 0.1) is 27.1 Å². The molecule has 3 aliphatic heterocycles. The van der Waals surface area contributed by atoms with E-state index in [1.165, 1.54) is 12.4 Å². The van der Waals surface area contributed by atoms with Crippen LogP contribution in [-0.4, -0.2) is 85.2 Å². The zero-order valence-corrected chi connectivity index (χ0v) is 32.5. The Morgan fingerprint density at radius 1 is 0.898 bits per heavy atom. The van der Waals surface area contributed by atoms with Crippen molar-refractivity contribution in [1.82, 2.24) is 30.1 Å². The van der Waals surface area contributed by atoms with Crippen molar-refractivity contribution in [2.45, 2.75) is 63.5 Å². The summed E-state index contributed by atoms with van der Waals surface area (Å²) in [5.74, 6) is 5.27. The first kappa shape index (κ1) is 39.0. The van der Waals surface area contributed by atoms with Gasteiger partial charge < -0.3 is 19.9 Å². The van der Waals surface area contributed by atoms with Gasteiger partial charge in [-0.1, -0.05) is 47.7 Å². The van der Waals surface area contributed by atoms with E-state index in [-0.39, 0.29) is 46.7 Å². The van der Waals surface area contributed by atoms with Crippen molar-refractivity contribution in [2.24, 2.45) is 0 Å². The summed E-state index contributed by atoms with van der Waals surface area (Å²) in [6.07, 6.45) is 6.71. The number of hydrogen-bond donors (Lipinski definition) is 3. The molecule has 59 heavy (non-hydrogen) atoms. The van der Waals surface area contributed by atoms with Crippen LogP contribution in [0.3, 0.4) is 0 Å². The summed E-state index contributed by atoms with van der Waals surface area (Å²) >= 11 is 6.59. The molecule has 8 rings (SSSR count). The van der Waals surface area contributed by atoms with Crippen LogP contribution in [0, 0.1) is 11.8 Å². The first-order chi connectivity index (χ1) is 28.7. The van der Waals surface area contributed by atoms with Crippen molar-refractivity contribution in [3.05, 3.63) is 112 Å². The van der Waals surface area contributed by atoms with Gasteiger partial charge in [-0.3, -0.25) is 39.0 Å². The molecule has 2 saturated heterocycles. The lowest BCUT2D eigenvalue weighted by atomic mass is 10.0. The maximum absolute atomic E-state index is 13.8. The minimum absolute atomic E-state index is 0.0148. The topological polar surface area (TPSA) is 184 Å². The Balaban J connectivity index is 0.820. The van der Waals surface area contributed by atoms with Crippen LogP contribution in [-0.2, 0) is 14.4 Å². The van der Waals surface area contributed by atoms with Gasteiger partial charge >= 0.3 is 0 Å². The van der Waals surface area contributed by atoms with E-state index in [0.717, 1.165) is 4.90 Å². The number of ether oxygens (including phenoxy) is 1. The summed E-state index contributed by atoms with van der Waals surface area (Å²) in [5, 5.41) is 6.50. The number of ketones is 1. The zero-order valence-electron chi connectivity index (χ0n) is 31.8. The largest absolute Gasteiger partial charge is 0.457 e. The average Bonchev–Trinajstić information content (AvgIpc) is 3.79. The summed E-state index contributed by atoms with van der Waals surface area (Å²) in [6, 6.07) is 18.1. The summed E-state index contributed by atoms with van der Waals surface area (Å²) in [6.45, 7) is 1.14. The Labute approximate surface area is 343 Å². The molecule has 0 saturated carbocycles. The van der Waals surface area contributed by atoms with E-state index in [9.17, 15) is 28.8 Å². The highest BCUT2D eigenvalue weighted by atomic mass is 35.5. The highest BCUT2D eigenvalue weighted by Gasteiger charge is 2.45. The third kappa shape index (κ3) is 8.15. The number of H-pyrrole nitrogens is 1. The van der Waals surface area contributed by atoms with Gasteiger partial charge in [-0.25, -0.2) is 9.97 Å². The number of para-hydroxylation sites is 1. The molecule has 0 spiro atoms. The standard InChI is InChI=1S/C44H38ClN7O7/c45-33-23-29(59-28-11-5-3-6-12-28)15-16-30(33)39(55)32-24-46-40-38(32)41(48-25-47-40)49-27-19-21-51(22-20-27)36(54)14-7-2-1-4-9-26-10-8-13-31-37(26)44(58)52(43(31)57)34-17-18-35(53)50-42(34)56/h3,5-6,8,10-13,15-16,23-25,27,34H,1-2,7,14,17-22H2,(H,50,53,56)(H2,46,47,48,49). The number of fused-ring (bicyclic) bond motifs is 2. The molecule has 298 valence electrons. The predicted molar refractivity (Wildman–Crippen MR) is 217 cm³/mol.